The highest BCUT2D eigenvalue weighted by atomic mass is 16.2. The summed E-state index contributed by atoms with van der Waals surface area (Å²) in [6, 6.07) is 5.85. The van der Waals surface area contributed by atoms with Gasteiger partial charge in [-0.2, -0.15) is 0 Å². The molecule has 4 heteroatoms. The van der Waals surface area contributed by atoms with Crippen LogP contribution in [0, 0.1) is 6.92 Å². The first-order valence-corrected chi connectivity index (χ1v) is 6.10. The zero-order chi connectivity index (χ0) is 12.3. The van der Waals surface area contributed by atoms with Gasteiger partial charge in [0.25, 0.3) is 5.91 Å². The zero-order valence-electron chi connectivity index (χ0n) is 10.4. The van der Waals surface area contributed by atoms with E-state index in [4.69, 9.17) is 0 Å². The number of likely N-dealkylation sites (N-methyl/N-ethyl adjacent to an activating group) is 1. The zero-order valence-corrected chi connectivity index (χ0v) is 10.4. The van der Waals surface area contributed by atoms with Crippen LogP contribution in [0.25, 0.3) is 0 Å². The van der Waals surface area contributed by atoms with Gasteiger partial charge >= 0.3 is 0 Å². The highest BCUT2D eigenvalue weighted by molar-refractivity contribution is 5.92. The van der Waals surface area contributed by atoms with Gasteiger partial charge in [-0.15, -0.1) is 0 Å². The van der Waals surface area contributed by atoms with E-state index in [-0.39, 0.29) is 5.91 Å². The number of hydrogen-bond acceptors (Lipinski definition) is 3. The molecule has 0 bridgehead atoms. The molecule has 0 radical (unpaired) electrons. The Labute approximate surface area is 102 Å². The van der Waals surface area contributed by atoms with Gasteiger partial charge in [0.05, 0.1) is 0 Å². The van der Waals surface area contributed by atoms with Gasteiger partial charge in [-0.3, -0.25) is 4.79 Å². The highest BCUT2D eigenvalue weighted by Crippen LogP contribution is 2.11. The van der Waals surface area contributed by atoms with Crippen molar-refractivity contribution in [2.45, 2.75) is 25.8 Å². The summed E-state index contributed by atoms with van der Waals surface area (Å²) in [5.41, 5.74) is 1.42. The number of piperidine rings is 1. The first kappa shape index (κ1) is 12.0. The molecule has 1 unspecified atom stereocenters. The number of pyridine rings is 1. The minimum Gasteiger partial charge on any atom is -0.336 e. The minimum absolute atomic E-state index is 0.0161. The molecule has 0 aliphatic carbocycles. The molecule has 0 saturated carbocycles. The van der Waals surface area contributed by atoms with Crippen molar-refractivity contribution in [3.8, 4) is 0 Å². The molecule has 1 aromatic rings. The molecule has 1 N–H and O–H groups in total. The number of carbonyl (C=O) groups excluding carboxylic acids is 1. The second kappa shape index (κ2) is 5.27. The molecule has 1 saturated heterocycles. The lowest BCUT2D eigenvalue weighted by Gasteiger charge is -2.31. The van der Waals surface area contributed by atoms with E-state index < -0.39 is 0 Å². The average Bonchev–Trinajstić information content (AvgIpc) is 2.38. The van der Waals surface area contributed by atoms with Gasteiger partial charge in [0, 0.05) is 25.3 Å². The maximum atomic E-state index is 12.2. The second-order valence-electron chi connectivity index (χ2n) is 4.58. The molecule has 1 aromatic heterocycles. The smallest absolute Gasteiger partial charge is 0.272 e. The Morgan fingerprint density at radius 3 is 3.00 bits per heavy atom. The summed E-state index contributed by atoms with van der Waals surface area (Å²) < 4.78 is 0. The molecule has 1 atom stereocenters. The average molecular weight is 233 g/mol. The van der Waals surface area contributed by atoms with Crippen LogP contribution >= 0.6 is 0 Å². The number of aryl methyl sites for hydroxylation is 1. The molecule has 4 nitrogen and oxygen atoms in total. The van der Waals surface area contributed by atoms with Crippen LogP contribution in [-0.4, -0.2) is 42.0 Å². The standard InChI is InChI=1S/C13H19N3O/c1-10-5-3-7-12(15-10)13(17)16(2)11-6-4-8-14-9-11/h3,5,7,11,14H,4,6,8-9H2,1-2H3. The Morgan fingerprint density at radius 1 is 1.53 bits per heavy atom. The van der Waals surface area contributed by atoms with Crippen molar-refractivity contribution < 1.29 is 4.79 Å². The van der Waals surface area contributed by atoms with Crippen LogP contribution in [0.15, 0.2) is 18.2 Å². The van der Waals surface area contributed by atoms with Gasteiger partial charge in [-0.05, 0) is 38.4 Å². The third-order valence-corrected chi connectivity index (χ3v) is 3.25. The van der Waals surface area contributed by atoms with Crippen molar-refractivity contribution in [3.05, 3.63) is 29.6 Å². The largest absolute Gasteiger partial charge is 0.336 e. The molecule has 0 spiro atoms. The first-order chi connectivity index (χ1) is 8.18. The van der Waals surface area contributed by atoms with E-state index in [9.17, 15) is 4.79 Å². The Morgan fingerprint density at radius 2 is 2.35 bits per heavy atom. The SMILES string of the molecule is Cc1cccc(C(=O)N(C)C2CCCNC2)n1. The fourth-order valence-electron chi connectivity index (χ4n) is 2.17. The van der Waals surface area contributed by atoms with E-state index in [2.05, 4.69) is 10.3 Å². The maximum Gasteiger partial charge on any atom is 0.272 e. The quantitative estimate of drug-likeness (QED) is 0.835. The van der Waals surface area contributed by atoms with Crippen LogP contribution in [0.3, 0.4) is 0 Å². The van der Waals surface area contributed by atoms with E-state index in [0.29, 0.717) is 11.7 Å². The van der Waals surface area contributed by atoms with Crippen LogP contribution < -0.4 is 5.32 Å². The lowest BCUT2D eigenvalue weighted by atomic mass is 10.1. The van der Waals surface area contributed by atoms with Crippen molar-refractivity contribution in [2.75, 3.05) is 20.1 Å². The number of amides is 1. The third-order valence-electron chi connectivity index (χ3n) is 3.25. The summed E-state index contributed by atoms with van der Waals surface area (Å²) in [5.74, 6) is 0.0161. The third kappa shape index (κ3) is 2.82. The first-order valence-electron chi connectivity index (χ1n) is 6.10. The van der Waals surface area contributed by atoms with Gasteiger partial charge in [0.15, 0.2) is 0 Å². The van der Waals surface area contributed by atoms with E-state index in [1.54, 1.807) is 6.07 Å². The molecule has 1 aliphatic heterocycles. The molecule has 17 heavy (non-hydrogen) atoms. The summed E-state index contributed by atoms with van der Waals surface area (Å²) >= 11 is 0. The van der Waals surface area contributed by atoms with Gasteiger partial charge in [-0.1, -0.05) is 6.07 Å². The predicted molar refractivity (Wildman–Crippen MR) is 67.0 cm³/mol. The van der Waals surface area contributed by atoms with Crippen molar-refractivity contribution >= 4 is 5.91 Å². The number of aromatic nitrogens is 1. The molecular formula is C13H19N3O. The van der Waals surface area contributed by atoms with Crippen molar-refractivity contribution in [2.24, 2.45) is 0 Å². The molecule has 0 aromatic carbocycles. The molecule has 1 amide bonds. The monoisotopic (exact) mass is 233 g/mol. The van der Waals surface area contributed by atoms with Crippen LogP contribution in [-0.2, 0) is 0 Å². The van der Waals surface area contributed by atoms with E-state index in [1.807, 2.05) is 31.0 Å². The number of rotatable bonds is 2. The second-order valence-corrected chi connectivity index (χ2v) is 4.58. The maximum absolute atomic E-state index is 12.2. The molecular weight excluding hydrogens is 214 g/mol. The lowest BCUT2D eigenvalue weighted by molar-refractivity contribution is 0.0702. The summed E-state index contributed by atoms with van der Waals surface area (Å²) in [7, 11) is 1.87. The van der Waals surface area contributed by atoms with E-state index >= 15 is 0 Å². The van der Waals surface area contributed by atoms with Crippen LogP contribution in [0.4, 0.5) is 0 Å². The Bertz CT molecular complexity index is 399. The molecule has 1 fully saturated rings. The summed E-state index contributed by atoms with van der Waals surface area (Å²) in [5, 5.41) is 3.32. The number of carbonyl (C=O) groups is 1. The number of nitrogens with one attached hydrogen (secondary N) is 1. The fourth-order valence-corrected chi connectivity index (χ4v) is 2.17. The van der Waals surface area contributed by atoms with Gasteiger partial charge in [0.1, 0.15) is 5.69 Å². The summed E-state index contributed by atoms with van der Waals surface area (Å²) in [6.45, 7) is 3.84. The molecule has 2 heterocycles. The van der Waals surface area contributed by atoms with Crippen molar-refractivity contribution in [3.63, 3.8) is 0 Å². The van der Waals surface area contributed by atoms with Crippen LogP contribution in [0.5, 0.6) is 0 Å². The molecule has 1 aliphatic rings. The normalized spacial score (nSPS) is 20.0. The van der Waals surface area contributed by atoms with Crippen molar-refractivity contribution in [1.82, 2.24) is 15.2 Å². The molecule has 92 valence electrons. The fraction of sp³-hybridized carbons (Fsp3) is 0.538. The minimum atomic E-state index is 0.0161. The topological polar surface area (TPSA) is 45.2 Å². The Balaban J connectivity index is 2.08. The van der Waals surface area contributed by atoms with Gasteiger partial charge < -0.3 is 10.2 Å². The lowest BCUT2D eigenvalue weighted by Crippen LogP contribution is -2.46. The van der Waals surface area contributed by atoms with Crippen LogP contribution in [0.2, 0.25) is 0 Å². The Kier molecular flexibility index (Phi) is 3.74. The number of hydrogen-bond donors (Lipinski definition) is 1. The van der Waals surface area contributed by atoms with E-state index in [1.165, 1.54) is 0 Å². The van der Waals surface area contributed by atoms with Crippen LogP contribution in [0.1, 0.15) is 29.0 Å². The van der Waals surface area contributed by atoms with Gasteiger partial charge in [-0.25, -0.2) is 4.98 Å². The molecule has 2 rings (SSSR count). The Hall–Kier alpha value is -1.42. The van der Waals surface area contributed by atoms with Crippen molar-refractivity contribution in [1.29, 1.82) is 0 Å². The van der Waals surface area contributed by atoms with Gasteiger partial charge in [0.2, 0.25) is 0 Å². The number of nitrogens with zero attached hydrogens (tertiary/aromatic N) is 2. The highest BCUT2D eigenvalue weighted by Gasteiger charge is 2.23. The van der Waals surface area contributed by atoms with E-state index in [0.717, 1.165) is 31.6 Å². The summed E-state index contributed by atoms with van der Waals surface area (Å²) in [6.07, 6.45) is 2.20. The predicted octanol–water partition coefficient (Wildman–Crippen LogP) is 1.21. The summed E-state index contributed by atoms with van der Waals surface area (Å²) in [4.78, 5) is 18.3.